The van der Waals surface area contributed by atoms with Crippen LogP contribution in [-0.4, -0.2) is 20.2 Å². The highest BCUT2D eigenvalue weighted by Crippen LogP contribution is 2.31. The monoisotopic (exact) mass is 293 g/mol. The summed E-state index contributed by atoms with van der Waals surface area (Å²) in [6, 6.07) is 4.07. The third-order valence-corrected chi connectivity index (χ3v) is 5.48. The summed E-state index contributed by atoms with van der Waals surface area (Å²) in [5, 5.41) is -0.550. The van der Waals surface area contributed by atoms with E-state index in [-0.39, 0.29) is 22.0 Å². The third-order valence-electron chi connectivity index (χ3n) is 2.84. The Bertz CT molecular complexity index is 541. The van der Waals surface area contributed by atoms with Crippen molar-refractivity contribution in [2.24, 2.45) is 5.73 Å². The second kappa shape index (κ2) is 5.15. The first-order valence-corrected chi connectivity index (χ1v) is 7.48. The van der Waals surface area contributed by atoms with Gasteiger partial charge < -0.3 is 5.73 Å². The minimum atomic E-state index is -3.46. The molecule has 0 saturated carbocycles. The molecule has 1 rings (SSSR count). The molecule has 18 heavy (non-hydrogen) atoms. The molecule has 0 radical (unpaired) electrons. The fourth-order valence-electron chi connectivity index (χ4n) is 1.43. The lowest BCUT2D eigenvalue weighted by molar-refractivity contribution is 0.203. The van der Waals surface area contributed by atoms with Crippen molar-refractivity contribution in [2.45, 2.75) is 36.6 Å². The van der Waals surface area contributed by atoms with Crippen molar-refractivity contribution in [3.05, 3.63) is 28.8 Å². The molecule has 0 bridgehead atoms. The van der Waals surface area contributed by atoms with Crippen molar-refractivity contribution in [1.29, 1.82) is 0 Å². The fraction of sp³-hybridized carbons (Fsp3) is 0.500. The minimum Gasteiger partial charge on any atom is -0.327 e. The number of sulfone groups is 1. The van der Waals surface area contributed by atoms with Crippen LogP contribution in [0.25, 0.3) is 0 Å². The summed E-state index contributed by atoms with van der Waals surface area (Å²) in [6.07, 6.45) is 0. The summed E-state index contributed by atoms with van der Waals surface area (Å²) < 4.78 is 37.9. The van der Waals surface area contributed by atoms with Crippen molar-refractivity contribution >= 4 is 21.4 Å². The van der Waals surface area contributed by atoms with Crippen LogP contribution >= 0.6 is 11.6 Å². The maximum atomic E-state index is 14.0. The molecule has 1 unspecified atom stereocenters. The molecule has 0 amide bonds. The highest BCUT2D eigenvalue weighted by Gasteiger charge is 2.27. The molecule has 0 saturated heterocycles. The Balaban J connectivity index is 3.33. The number of nitrogens with two attached hydrogens (primary N) is 1. The van der Waals surface area contributed by atoms with Gasteiger partial charge in [0.25, 0.3) is 0 Å². The number of alkyl halides is 1. The van der Waals surface area contributed by atoms with E-state index >= 15 is 0 Å². The Morgan fingerprint density at radius 2 is 2.00 bits per heavy atom. The average molecular weight is 294 g/mol. The fourth-order valence-corrected chi connectivity index (χ4v) is 3.03. The summed E-state index contributed by atoms with van der Waals surface area (Å²) >= 11 is 5.93. The molecule has 6 heteroatoms. The van der Waals surface area contributed by atoms with E-state index in [1.165, 1.54) is 25.1 Å². The van der Waals surface area contributed by atoms with Crippen LogP contribution in [0.2, 0.25) is 5.02 Å². The molecule has 1 aromatic carbocycles. The SMILES string of the molecule is CC(C)S(=O)(=O)c1ccc(C(C)(F)CN)cc1Cl. The first-order valence-electron chi connectivity index (χ1n) is 5.56. The Hall–Kier alpha value is -0.650. The summed E-state index contributed by atoms with van der Waals surface area (Å²) in [7, 11) is -3.46. The van der Waals surface area contributed by atoms with Crippen LogP contribution in [0.1, 0.15) is 26.3 Å². The molecule has 0 heterocycles. The molecule has 0 aromatic heterocycles. The molecule has 3 nitrogen and oxygen atoms in total. The highest BCUT2D eigenvalue weighted by atomic mass is 35.5. The van der Waals surface area contributed by atoms with Crippen molar-refractivity contribution in [2.75, 3.05) is 6.54 Å². The van der Waals surface area contributed by atoms with Gasteiger partial charge in [-0.25, -0.2) is 12.8 Å². The van der Waals surface area contributed by atoms with E-state index in [2.05, 4.69) is 0 Å². The molecule has 0 aliphatic heterocycles. The first-order chi connectivity index (χ1) is 8.13. The Labute approximate surface area is 112 Å². The van der Waals surface area contributed by atoms with Crippen molar-refractivity contribution in [3.8, 4) is 0 Å². The van der Waals surface area contributed by atoms with Gasteiger partial charge in [0.05, 0.1) is 15.2 Å². The highest BCUT2D eigenvalue weighted by molar-refractivity contribution is 7.92. The van der Waals surface area contributed by atoms with E-state index in [0.717, 1.165) is 0 Å². The summed E-state index contributed by atoms with van der Waals surface area (Å²) in [5.41, 5.74) is 3.88. The molecule has 1 atom stereocenters. The maximum absolute atomic E-state index is 14.0. The Morgan fingerprint density at radius 3 is 2.39 bits per heavy atom. The number of benzene rings is 1. The lowest BCUT2D eigenvalue weighted by Crippen LogP contribution is -2.26. The Morgan fingerprint density at radius 1 is 1.44 bits per heavy atom. The molecule has 1 aromatic rings. The largest absolute Gasteiger partial charge is 0.327 e. The van der Waals surface area contributed by atoms with Crippen LogP contribution in [0.15, 0.2) is 23.1 Å². The molecular formula is C12H17ClFNO2S. The summed E-state index contributed by atoms with van der Waals surface area (Å²) in [6.45, 7) is 4.27. The summed E-state index contributed by atoms with van der Waals surface area (Å²) in [5.74, 6) is 0. The van der Waals surface area contributed by atoms with Gasteiger partial charge in [0, 0.05) is 6.54 Å². The number of halogens is 2. The second-order valence-corrected chi connectivity index (χ2v) is 7.52. The topological polar surface area (TPSA) is 60.2 Å². The minimum absolute atomic E-state index is 0.0238. The standard InChI is InChI=1S/C12H17ClFNO2S/c1-8(2)18(16,17)11-5-4-9(6-10(11)13)12(3,14)7-15/h4-6,8H,7,15H2,1-3H3. The molecule has 0 spiro atoms. The third kappa shape index (κ3) is 2.84. The van der Waals surface area contributed by atoms with Gasteiger partial charge in [0.1, 0.15) is 5.67 Å². The lowest BCUT2D eigenvalue weighted by atomic mass is 9.98. The van der Waals surface area contributed by atoms with E-state index in [1.807, 2.05) is 0 Å². The van der Waals surface area contributed by atoms with Crippen LogP contribution in [-0.2, 0) is 15.5 Å². The van der Waals surface area contributed by atoms with E-state index in [0.29, 0.717) is 0 Å². The van der Waals surface area contributed by atoms with Crippen LogP contribution in [0.4, 0.5) is 4.39 Å². The van der Waals surface area contributed by atoms with Gasteiger partial charge in [-0.3, -0.25) is 0 Å². The van der Waals surface area contributed by atoms with Crippen molar-refractivity contribution in [3.63, 3.8) is 0 Å². The van der Waals surface area contributed by atoms with Gasteiger partial charge in [-0.1, -0.05) is 17.7 Å². The number of rotatable bonds is 4. The van der Waals surface area contributed by atoms with Gasteiger partial charge in [-0.2, -0.15) is 0 Å². The number of hydrogen-bond donors (Lipinski definition) is 1. The van der Waals surface area contributed by atoms with Crippen LogP contribution in [0, 0.1) is 0 Å². The quantitative estimate of drug-likeness (QED) is 0.928. The zero-order valence-electron chi connectivity index (χ0n) is 10.6. The van der Waals surface area contributed by atoms with Crippen molar-refractivity contribution in [1.82, 2.24) is 0 Å². The average Bonchev–Trinajstić information content (AvgIpc) is 2.28. The lowest BCUT2D eigenvalue weighted by Gasteiger charge is -2.19. The molecule has 0 aliphatic rings. The van der Waals surface area contributed by atoms with Gasteiger partial charge in [-0.15, -0.1) is 0 Å². The molecule has 102 valence electrons. The predicted octanol–water partition coefficient (Wildman–Crippen LogP) is 2.67. The smallest absolute Gasteiger partial charge is 0.182 e. The number of hydrogen-bond acceptors (Lipinski definition) is 3. The van der Waals surface area contributed by atoms with E-state index < -0.39 is 20.8 Å². The van der Waals surface area contributed by atoms with Crippen LogP contribution in [0.5, 0.6) is 0 Å². The molecular weight excluding hydrogens is 277 g/mol. The molecule has 0 fully saturated rings. The second-order valence-electron chi connectivity index (χ2n) is 4.64. The predicted molar refractivity (Wildman–Crippen MR) is 71.3 cm³/mol. The van der Waals surface area contributed by atoms with Gasteiger partial charge in [-0.05, 0) is 38.5 Å². The Kier molecular flexibility index (Phi) is 4.41. The zero-order chi connectivity index (χ0) is 14.1. The first kappa shape index (κ1) is 15.4. The van der Waals surface area contributed by atoms with Gasteiger partial charge in [0.2, 0.25) is 0 Å². The van der Waals surface area contributed by atoms with Crippen molar-refractivity contribution < 1.29 is 12.8 Å². The maximum Gasteiger partial charge on any atom is 0.182 e. The molecule has 0 aliphatic carbocycles. The van der Waals surface area contributed by atoms with Crippen LogP contribution in [0.3, 0.4) is 0 Å². The summed E-state index contributed by atoms with van der Waals surface area (Å²) in [4.78, 5) is 0.0238. The van der Waals surface area contributed by atoms with Crippen LogP contribution < -0.4 is 5.73 Å². The van der Waals surface area contributed by atoms with Gasteiger partial charge in [0.15, 0.2) is 9.84 Å². The van der Waals surface area contributed by atoms with E-state index in [1.54, 1.807) is 13.8 Å². The van der Waals surface area contributed by atoms with E-state index in [4.69, 9.17) is 17.3 Å². The molecule has 2 N–H and O–H groups in total. The van der Waals surface area contributed by atoms with E-state index in [9.17, 15) is 12.8 Å². The zero-order valence-corrected chi connectivity index (χ0v) is 12.1. The normalized spacial score (nSPS) is 15.7. The van der Waals surface area contributed by atoms with Gasteiger partial charge >= 0.3 is 0 Å².